The highest BCUT2D eigenvalue weighted by molar-refractivity contribution is 5.96. The molecule has 0 radical (unpaired) electrons. The van der Waals surface area contributed by atoms with Gasteiger partial charge >= 0.3 is 0 Å². The smallest absolute Gasteiger partial charge is 0.241 e. The van der Waals surface area contributed by atoms with Crippen LogP contribution in [0.2, 0.25) is 0 Å². The topological polar surface area (TPSA) is 50.8 Å². The minimum absolute atomic E-state index is 0.0871. The van der Waals surface area contributed by atoms with Gasteiger partial charge in [-0.1, -0.05) is 18.2 Å². The van der Waals surface area contributed by atoms with Gasteiger partial charge in [0.15, 0.2) is 0 Å². The van der Waals surface area contributed by atoms with Gasteiger partial charge in [0, 0.05) is 31.8 Å². The largest absolute Gasteiger partial charge is 0.375 e. The van der Waals surface area contributed by atoms with E-state index in [0.29, 0.717) is 6.61 Å². The lowest BCUT2D eigenvalue weighted by atomic mass is 9.92. The summed E-state index contributed by atoms with van der Waals surface area (Å²) in [6.45, 7) is 5.09. The summed E-state index contributed by atoms with van der Waals surface area (Å²) in [7, 11) is 0. The predicted molar refractivity (Wildman–Crippen MR) is 87.5 cm³/mol. The molecule has 23 heavy (non-hydrogen) atoms. The quantitative estimate of drug-likeness (QED) is 0.859. The summed E-state index contributed by atoms with van der Waals surface area (Å²) in [5, 5.41) is 3.11. The first-order chi connectivity index (χ1) is 11.2. The van der Waals surface area contributed by atoms with Crippen LogP contribution < -0.4 is 5.32 Å². The number of para-hydroxylation sites is 1. The summed E-state index contributed by atoms with van der Waals surface area (Å²) in [6.07, 6.45) is 2.79. The van der Waals surface area contributed by atoms with E-state index in [1.807, 2.05) is 18.2 Å². The first-order valence-corrected chi connectivity index (χ1v) is 8.56. The van der Waals surface area contributed by atoms with Crippen molar-refractivity contribution >= 4 is 11.6 Å². The van der Waals surface area contributed by atoms with Crippen molar-refractivity contribution in [2.75, 3.05) is 31.6 Å². The Morgan fingerprint density at radius 2 is 2.17 bits per heavy atom. The number of aryl methyl sites for hydroxylation is 1. The van der Waals surface area contributed by atoms with Crippen molar-refractivity contribution in [2.24, 2.45) is 0 Å². The summed E-state index contributed by atoms with van der Waals surface area (Å²) >= 11 is 0. The average molecular weight is 316 g/mol. The summed E-state index contributed by atoms with van der Waals surface area (Å²) in [5.41, 5.74) is 1.95. The maximum Gasteiger partial charge on any atom is 0.241 e. The SMILES string of the molecule is C[C@@H]1OCC[C@]12CN([C@H]1CCc3ccccc3NC1=O)CCO2. The zero-order chi connectivity index (χ0) is 15.9. The number of benzene rings is 1. The van der Waals surface area contributed by atoms with Gasteiger partial charge in [0.25, 0.3) is 0 Å². The van der Waals surface area contributed by atoms with E-state index >= 15 is 0 Å². The Hall–Kier alpha value is -1.43. The molecule has 5 nitrogen and oxygen atoms in total. The third-order valence-corrected chi connectivity index (χ3v) is 5.58. The molecule has 0 aliphatic carbocycles. The lowest BCUT2D eigenvalue weighted by molar-refractivity contribution is -0.150. The van der Waals surface area contributed by atoms with E-state index in [0.717, 1.165) is 44.6 Å². The second-order valence-electron chi connectivity index (χ2n) is 6.85. The van der Waals surface area contributed by atoms with E-state index in [-0.39, 0.29) is 23.7 Å². The van der Waals surface area contributed by atoms with Gasteiger partial charge in [0.2, 0.25) is 5.91 Å². The number of fused-ring (bicyclic) bond motifs is 1. The van der Waals surface area contributed by atoms with Crippen LogP contribution in [0, 0.1) is 0 Å². The van der Waals surface area contributed by atoms with Crippen LogP contribution in [0.3, 0.4) is 0 Å². The molecule has 124 valence electrons. The van der Waals surface area contributed by atoms with Crippen LogP contribution in [0.1, 0.15) is 25.3 Å². The molecule has 2 fully saturated rings. The first kappa shape index (κ1) is 15.1. The van der Waals surface area contributed by atoms with Gasteiger partial charge in [-0.05, 0) is 31.4 Å². The standard InChI is InChI=1S/C18H24N2O3/c1-13-18(8-10-22-13)12-20(9-11-23-18)16-7-6-14-4-2-3-5-15(14)19-17(16)21/h2-5,13,16H,6-12H2,1H3,(H,19,21)/t13-,16-,18-/m0/s1. The van der Waals surface area contributed by atoms with Gasteiger partial charge in [-0.25, -0.2) is 0 Å². The van der Waals surface area contributed by atoms with Crippen LogP contribution in [-0.4, -0.2) is 54.9 Å². The Morgan fingerprint density at radius 3 is 3.00 bits per heavy atom. The zero-order valence-corrected chi connectivity index (χ0v) is 13.6. The minimum Gasteiger partial charge on any atom is -0.375 e. The number of carbonyl (C=O) groups is 1. The maximum absolute atomic E-state index is 12.7. The summed E-state index contributed by atoms with van der Waals surface area (Å²) in [6, 6.07) is 8.01. The lowest BCUT2D eigenvalue weighted by Crippen LogP contribution is -2.59. The average Bonchev–Trinajstić information content (AvgIpc) is 2.80. The number of ether oxygens (including phenoxy) is 2. The number of amides is 1. The molecular formula is C18H24N2O3. The molecule has 3 aliphatic heterocycles. The lowest BCUT2D eigenvalue weighted by Gasteiger charge is -2.44. The van der Waals surface area contributed by atoms with Gasteiger partial charge in [-0.2, -0.15) is 0 Å². The number of hydrogen-bond acceptors (Lipinski definition) is 4. The van der Waals surface area contributed by atoms with Gasteiger partial charge in [-0.3, -0.25) is 9.69 Å². The molecule has 0 saturated carbocycles. The van der Waals surface area contributed by atoms with Crippen molar-refractivity contribution in [1.29, 1.82) is 0 Å². The van der Waals surface area contributed by atoms with Crippen molar-refractivity contribution in [3.8, 4) is 0 Å². The molecular weight excluding hydrogens is 292 g/mol. The number of carbonyl (C=O) groups excluding carboxylic acids is 1. The number of anilines is 1. The fourth-order valence-electron chi connectivity index (χ4n) is 4.11. The second kappa shape index (κ2) is 5.89. The Bertz CT molecular complexity index is 606. The van der Waals surface area contributed by atoms with Crippen LogP contribution in [0.25, 0.3) is 0 Å². The van der Waals surface area contributed by atoms with Gasteiger partial charge < -0.3 is 14.8 Å². The molecule has 0 unspecified atom stereocenters. The normalized spacial score (nSPS) is 34.9. The Morgan fingerprint density at radius 1 is 1.30 bits per heavy atom. The zero-order valence-electron chi connectivity index (χ0n) is 13.6. The number of hydrogen-bond donors (Lipinski definition) is 1. The highest BCUT2D eigenvalue weighted by Crippen LogP contribution is 2.35. The number of rotatable bonds is 1. The van der Waals surface area contributed by atoms with E-state index in [9.17, 15) is 4.79 Å². The highest BCUT2D eigenvalue weighted by Gasteiger charge is 2.48. The van der Waals surface area contributed by atoms with E-state index in [1.54, 1.807) is 0 Å². The van der Waals surface area contributed by atoms with Crippen LogP contribution >= 0.6 is 0 Å². The third-order valence-electron chi connectivity index (χ3n) is 5.58. The molecule has 0 bridgehead atoms. The molecule has 3 heterocycles. The second-order valence-corrected chi connectivity index (χ2v) is 6.85. The molecule has 1 spiro atoms. The predicted octanol–water partition coefficient (Wildman–Crippen LogP) is 1.82. The van der Waals surface area contributed by atoms with Crippen LogP contribution in [-0.2, 0) is 20.7 Å². The van der Waals surface area contributed by atoms with E-state index in [1.165, 1.54) is 5.56 Å². The van der Waals surface area contributed by atoms with Crippen molar-refractivity contribution in [1.82, 2.24) is 4.90 Å². The van der Waals surface area contributed by atoms with E-state index in [4.69, 9.17) is 9.47 Å². The fraction of sp³-hybridized carbons (Fsp3) is 0.611. The minimum atomic E-state index is -0.238. The molecule has 0 aromatic heterocycles. The molecule has 5 heteroatoms. The Kier molecular flexibility index (Phi) is 3.87. The van der Waals surface area contributed by atoms with Crippen LogP contribution in [0.4, 0.5) is 5.69 Å². The van der Waals surface area contributed by atoms with Crippen molar-refractivity contribution in [2.45, 2.75) is 43.9 Å². The molecule has 1 amide bonds. The maximum atomic E-state index is 12.7. The van der Waals surface area contributed by atoms with E-state index in [2.05, 4.69) is 23.2 Å². The van der Waals surface area contributed by atoms with Crippen LogP contribution in [0.5, 0.6) is 0 Å². The Labute approximate surface area is 136 Å². The van der Waals surface area contributed by atoms with Gasteiger partial charge in [0.1, 0.15) is 5.60 Å². The van der Waals surface area contributed by atoms with Crippen molar-refractivity contribution in [3.63, 3.8) is 0 Å². The molecule has 1 aromatic carbocycles. The van der Waals surface area contributed by atoms with Gasteiger partial charge in [0.05, 0.1) is 18.8 Å². The third kappa shape index (κ3) is 2.67. The van der Waals surface area contributed by atoms with E-state index < -0.39 is 0 Å². The molecule has 1 N–H and O–H groups in total. The number of morpholine rings is 1. The molecule has 4 rings (SSSR count). The monoisotopic (exact) mass is 316 g/mol. The highest BCUT2D eigenvalue weighted by atomic mass is 16.6. The molecule has 3 atom stereocenters. The number of nitrogens with zero attached hydrogens (tertiary/aromatic N) is 1. The molecule has 1 aromatic rings. The van der Waals surface area contributed by atoms with Crippen LogP contribution in [0.15, 0.2) is 24.3 Å². The summed E-state index contributed by atoms with van der Waals surface area (Å²) in [4.78, 5) is 15.0. The van der Waals surface area contributed by atoms with Gasteiger partial charge in [-0.15, -0.1) is 0 Å². The molecule has 3 aliphatic rings. The Balaban J connectivity index is 1.53. The summed E-state index contributed by atoms with van der Waals surface area (Å²) in [5.74, 6) is 0.110. The summed E-state index contributed by atoms with van der Waals surface area (Å²) < 4.78 is 11.8. The van der Waals surface area contributed by atoms with Crippen molar-refractivity contribution < 1.29 is 14.3 Å². The first-order valence-electron chi connectivity index (χ1n) is 8.56. The molecule has 2 saturated heterocycles. The number of nitrogens with one attached hydrogen (secondary N) is 1. The van der Waals surface area contributed by atoms with Crippen molar-refractivity contribution in [3.05, 3.63) is 29.8 Å². The fourth-order valence-corrected chi connectivity index (χ4v) is 4.11.